The predicted octanol–water partition coefficient (Wildman–Crippen LogP) is 4.08. The summed E-state index contributed by atoms with van der Waals surface area (Å²) in [6, 6.07) is 3.28. The molecule has 0 aliphatic heterocycles. The molecule has 1 amide bonds. The second-order valence-electron chi connectivity index (χ2n) is 5.45. The van der Waals surface area contributed by atoms with Crippen molar-refractivity contribution in [3.8, 4) is 11.5 Å². The smallest absolute Gasteiger partial charge is 0.257 e. The van der Waals surface area contributed by atoms with E-state index in [-0.39, 0.29) is 11.7 Å². The summed E-state index contributed by atoms with van der Waals surface area (Å²) >= 11 is 4.64. The largest absolute Gasteiger partial charge is 0.493 e. The normalized spacial score (nSPS) is 13.3. The molecule has 1 N–H and O–H groups in total. The van der Waals surface area contributed by atoms with E-state index < -0.39 is 0 Å². The third kappa shape index (κ3) is 3.69. The lowest BCUT2D eigenvalue weighted by atomic mass is 10.0. The first-order valence-corrected chi connectivity index (χ1v) is 9.49. The van der Waals surface area contributed by atoms with Crippen molar-refractivity contribution in [2.24, 2.45) is 0 Å². The number of aromatic nitrogens is 1. The van der Waals surface area contributed by atoms with Crippen LogP contribution in [0.25, 0.3) is 0 Å². The van der Waals surface area contributed by atoms with Gasteiger partial charge in [0, 0.05) is 12.0 Å². The number of amides is 1. The van der Waals surface area contributed by atoms with Crippen LogP contribution in [0.5, 0.6) is 11.5 Å². The van der Waals surface area contributed by atoms with E-state index >= 15 is 0 Å². The molecule has 0 unspecified atom stereocenters. The quantitative estimate of drug-likeness (QED) is 0.781. The third-order valence-corrected chi connectivity index (χ3v) is 5.41. The fourth-order valence-corrected chi connectivity index (χ4v) is 4.16. The van der Waals surface area contributed by atoms with Crippen LogP contribution in [0.3, 0.4) is 0 Å². The van der Waals surface area contributed by atoms with Gasteiger partial charge in [0.15, 0.2) is 22.4 Å². The number of carbonyl (C=O) groups is 2. The molecule has 0 fully saturated rings. The number of rotatable bonds is 5. The van der Waals surface area contributed by atoms with E-state index in [4.69, 9.17) is 9.47 Å². The minimum atomic E-state index is -0.319. The molecule has 2 aromatic rings. The number of benzene rings is 1. The number of hydrogen-bond donors (Lipinski definition) is 1. The number of nitrogens with zero attached hydrogens (tertiary/aromatic N) is 1. The molecular formula is C17H17BrN2O4S. The van der Waals surface area contributed by atoms with Gasteiger partial charge in [-0.2, -0.15) is 0 Å². The summed E-state index contributed by atoms with van der Waals surface area (Å²) in [5.41, 5.74) is 1.19. The molecule has 1 heterocycles. The third-order valence-electron chi connectivity index (χ3n) is 3.77. The molecule has 0 saturated heterocycles. The van der Waals surface area contributed by atoms with Gasteiger partial charge >= 0.3 is 0 Å². The second-order valence-corrected chi connectivity index (χ2v) is 7.30. The Labute approximate surface area is 157 Å². The molecule has 8 heteroatoms. The van der Waals surface area contributed by atoms with Crippen LogP contribution >= 0.6 is 27.3 Å². The van der Waals surface area contributed by atoms with Crippen LogP contribution in [0.4, 0.5) is 5.13 Å². The highest BCUT2D eigenvalue weighted by Crippen LogP contribution is 2.37. The number of carbonyl (C=O) groups excluding carboxylic acids is 2. The van der Waals surface area contributed by atoms with Gasteiger partial charge in [-0.3, -0.25) is 14.9 Å². The first-order valence-electron chi connectivity index (χ1n) is 7.88. The van der Waals surface area contributed by atoms with E-state index in [1.807, 2.05) is 6.92 Å². The Balaban J connectivity index is 1.84. The van der Waals surface area contributed by atoms with E-state index in [9.17, 15) is 9.59 Å². The van der Waals surface area contributed by atoms with Gasteiger partial charge in [-0.25, -0.2) is 4.98 Å². The molecule has 132 valence electrons. The number of nitrogens with one attached hydrogen (secondary N) is 1. The van der Waals surface area contributed by atoms with E-state index in [2.05, 4.69) is 26.2 Å². The Morgan fingerprint density at radius 1 is 1.40 bits per heavy atom. The molecule has 1 aromatic heterocycles. The van der Waals surface area contributed by atoms with Gasteiger partial charge in [0.2, 0.25) is 0 Å². The van der Waals surface area contributed by atoms with E-state index in [1.165, 1.54) is 18.4 Å². The van der Waals surface area contributed by atoms with Gasteiger partial charge in [-0.1, -0.05) is 11.3 Å². The Morgan fingerprint density at radius 2 is 2.20 bits per heavy atom. The van der Waals surface area contributed by atoms with Gasteiger partial charge < -0.3 is 9.47 Å². The molecule has 6 nitrogen and oxygen atoms in total. The van der Waals surface area contributed by atoms with Crippen molar-refractivity contribution >= 4 is 44.1 Å². The van der Waals surface area contributed by atoms with Crippen LogP contribution in [0.2, 0.25) is 0 Å². The Bertz CT molecular complexity index is 834. The number of thiazole rings is 1. The van der Waals surface area contributed by atoms with Crippen molar-refractivity contribution in [1.29, 1.82) is 0 Å². The van der Waals surface area contributed by atoms with Crippen molar-refractivity contribution < 1.29 is 19.1 Å². The Kier molecular flexibility index (Phi) is 5.39. The lowest BCUT2D eigenvalue weighted by molar-refractivity contribution is 0.0975. The molecule has 0 radical (unpaired) electrons. The molecule has 25 heavy (non-hydrogen) atoms. The van der Waals surface area contributed by atoms with Crippen molar-refractivity contribution in [2.45, 2.75) is 26.2 Å². The highest BCUT2D eigenvalue weighted by molar-refractivity contribution is 9.10. The van der Waals surface area contributed by atoms with Gasteiger partial charge in [-0.05, 0) is 47.8 Å². The molecule has 0 saturated carbocycles. The zero-order valence-corrected chi connectivity index (χ0v) is 16.3. The average molecular weight is 425 g/mol. The number of ketones is 1. The minimum Gasteiger partial charge on any atom is -0.493 e. The maximum atomic E-state index is 12.6. The van der Waals surface area contributed by atoms with Crippen molar-refractivity contribution in [2.75, 3.05) is 19.0 Å². The van der Waals surface area contributed by atoms with Crippen molar-refractivity contribution in [3.63, 3.8) is 0 Å². The van der Waals surface area contributed by atoms with Crippen LogP contribution < -0.4 is 14.8 Å². The molecule has 1 aliphatic rings. The van der Waals surface area contributed by atoms with Gasteiger partial charge in [0.25, 0.3) is 5.91 Å². The highest BCUT2D eigenvalue weighted by atomic mass is 79.9. The summed E-state index contributed by atoms with van der Waals surface area (Å²) in [5, 5.41) is 3.20. The van der Waals surface area contributed by atoms with Crippen LogP contribution in [0, 0.1) is 0 Å². The molecule has 0 bridgehead atoms. The fraction of sp³-hybridized carbons (Fsp3) is 0.353. The number of fused-ring (bicyclic) bond motifs is 1. The standard InChI is InChI=1S/C17H17BrN2O4S/c1-3-24-14-10(18)7-9(8-13(14)23-2)16(22)20-17-19-11-5-4-6-12(21)15(11)25-17/h7-8H,3-6H2,1-2H3,(H,19,20,22). The van der Waals surface area contributed by atoms with Crippen molar-refractivity contribution in [3.05, 3.63) is 32.7 Å². The summed E-state index contributed by atoms with van der Waals surface area (Å²) in [6.07, 6.45) is 2.13. The molecule has 0 atom stereocenters. The monoisotopic (exact) mass is 424 g/mol. The van der Waals surface area contributed by atoms with Gasteiger partial charge in [-0.15, -0.1) is 0 Å². The van der Waals surface area contributed by atoms with Gasteiger partial charge in [0.05, 0.1) is 28.8 Å². The lowest BCUT2D eigenvalue weighted by Gasteiger charge is -2.13. The van der Waals surface area contributed by atoms with Crippen LogP contribution in [0.15, 0.2) is 16.6 Å². The first kappa shape index (κ1) is 17.9. The van der Waals surface area contributed by atoms with E-state index in [1.54, 1.807) is 12.1 Å². The van der Waals surface area contributed by atoms with Crippen LogP contribution in [-0.4, -0.2) is 30.4 Å². The number of methoxy groups -OCH3 is 1. The summed E-state index contributed by atoms with van der Waals surface area (Å²) in [7, 11) is 1.52. The maximum Gasteiger partial charge on any atom is 0.257 e. The molecular weight excluding hydrogens is 408 g/mol. The Morgan fingerprint density at radius 3 is 2.88 bits per heavy atom. The molecule has 1 aliphatic carbocycles. The van der Waals surface area contributed by atoms with E-state index in [0.29, 0.717) is 44.6 Å². The topological polar surface area (TPSA) is 77.5 Å². The number of aryl methyl sites for hydroxylation is 1. The number of anilines is 1. The van der Waals surface area contributed by atoms with Crippen LogP contribution in [-0.2, 0) is 6.42 Å². The predicted molar refractivity (Wildman–Crippen MR) is 99.2 cm³/mol. The number of halogens is 1. The summed E-state index contributed by atoms with van der Waals surface area (Å²) in [6.45, 7) is 2.36. The zero-order valence-electron chi connectivity index (χ0n) is 13.8. The molecule has 1 aromatic carbocycles. The second kappa shape index (κ2) is 7.53. The maximum absolute atomic E-state index is 12.6. The SMILES string of the molecule is CCOc1c(Br)cc(C(=O)Nc2nc3c(s2)C(=O)CCC3)cc1OC. The van der Waals surface area contributed by atoms with Gasteiger partial charge in [0.1, 0.15) is 0 Å². The number of ether oxygens (including phenoxy) is 2. The number of Topliss-reactive ketones (excluding diaryl/α,β-unsaturated/α-hetero) is 1. The fourth-order valence-electron chi connectivity index (χ4n) is 2.63. The summed E-state index contributed by atoms with van der Waals surface area (Å²) < 4.78 is 11.5. The number of hydrogen-bond acceptors (Lipinski definition) is 6. The molecule has 3 rings (SSSR count). The minimum absolute atomic E-state index is 0.102. The van der Waals surface area contributed by atoms with Crippen LogP contribution in [0.1, 0.15) is 45.5 Å². The average Bonchev–Trinajstić information content (AvgIpc) is 3.00. The van der Waals surface area contributed by atoms with E-state index in [0.717, 1.165) is 18.5 Å². The lowest BCUT2D eigenvalue weighted by Crippen LogP contribution is -2.12. The first-order chi connectivity index (χ1) is 12.0. The zero-order chi connectivity index (χ0) is 18.0. The highest BCUT2D eigenvalue weighted by Gasteiger charge is 2.23. The van der Waals surface area contributed by atoms with Crippen molar-refractivity contribution in [1.82, 2.24) is 4.98 Å². The molecule has 0 spiro atoms. The summed E-state index contributed by atoms with van der Waals surface area (Å²) in [5.74, 6) is 0.803. The Hall–Kier alpha value is -1.93. The summed E-state index contributed by atoms with van der Waals surface area (Å²) in [4.78, 5) is 29.5.